The molecule has 0 saturated heterocycles. The van der Waals surface area contributed by atoms with E-state index in [1.54, 1.807) is 12.5 Å². The minimum Gasteiger partial charge on any atom is -0.468 e. The summed E-state index contributed by atoms with van der Waals surface area (Å²) in [5.74, 6) is 1.12. The van der Waals surface area contributed by atoms with E-state index in [-0.39, 0.29) is 10.9 Å². The van der Waals surface area contributed by atoms with Gasteiger partial charge in [-0.3, -0.25) is 4.90 Å². The van der Waals surface area contributed by atoms with Crippen molar-refractivity contribution in [3.63, 3.8) is 0 Å². The lowest BCUT2D eigenvalue weighted by molar-refractivity contribution is 0.277. The van der Waals surface area contributed by atoms with Crippen LogP contribution in [0.4, 0.5) is 0 Å². The summed E-state index contributed by atoms with van der Waals surface area (Å²) >= 11 is 0. The molecule has 0 amide bonds. The van der Waals surface area contributed by atoms with Crippen LogP contribution in [-0.4, -0.2) is 29.9 Å². The van der Waals surface area contributed by atoms with Crippen molar-refractivity contribution in [3.05, 3.63) is 71.9 Å². The highest BCUT2D eigenvalue weighted by Crippen LogP contribution is 2.20. The molecule has 1 aromatic carbocycles. The first-order valence-corrected chi connectivity index (χ1v) is 11.0. The van der Waals surface area contributed by atoms with Crippen LogP contribution in [0.1, 0.15) is 30.9 Å². The fourth-order valence-corrected chi connectivity index (χ4v) is 4.69. The molecule has 0 atom stereocenters. The second kappa shape index (κ2) is 8.75. The molecule has 0 N–H and O–H groups in total. The lowest BCUT2D eigenvalue weighted by atomic mass is 10.2. The van der Waals surface area contributed by atoms with Crippen molar-refractivity contribution in [2.24, 2.45) is 5.92 Å². The number of imidazole rings is 1. The molecule has 28 heavy (non-hydrogen) atoms. The Morgan fingerprint density at radius 2 is 1.86 bits per heavy atom. The van der Waals surface area contributed by atoms with Crippen LogP contribution in [-0.2, 0) is 35.2 Å². The first-order valence-electron chi connectivity index (χ1n) is 9.37. The second-order valence-corrected chi connectivity index (χ2v) is 9.42. The lowest BCUT2D eigenvalue weighted by Crippen LogP contribution is -2.22. The average molecular weight is 402 g/mol. The van der Waals surface area contributed by atoms with Gasteiger partial charge in [0.2, 0.25) is 15.0 Å². The molecule has 3 rings (SSSR count). The molecule has 0 saturated carbocycles. The van der Waals surface area contributed by atoms with Crippen molar-refractivity contribution in [2.45, 2.75) is 44.4 Å². The number of furan rings is 1. The van der Waals surface area contributed by atoms with Crippen LogP contribution < -0.4 is 0 Å². The topological polar surface area (TPSA) is 68.3 Å². The Morgan fingerprint density at radius 3 is 2.50 bits per heavy atom. The number of rotatable bonds is 9. The summed E-state index contributed by atoms with van der Waals surface area (Å²) in [7, 11) is -1.56. The Labute approximate surface area is 166 Å². The average Bonchev–Trinajstić information content (AvgIpc) is 3.26. The highest BCUT2D eigenvalue weighted by molar-refractivity contribution is 7.90. The van der Waals surface area contributed by atoms with Gasteiger partial charge in [0, 0.05) is 13.1 Å². The second-order valence-electron chi connectivity index (χ2n) is 7.53. The maximum atomic E-state index is 13.0. The van der Waals surface area contributed by atoms with Crippen LogP contribution in [0.5, 0.6) is 0 Å². The maximum Gasteiger partial charge on any atom is 0.228 e. The summed E-state index contributed by atoms with van der Waals surface area (Å²) in [5.41, 5.74) is 1.65. The van der Waals surface area contributed by atoms with Crippen LogP contribution in [0.25, 0.3) is 0 Å². The van der Waals surface area contributed by atoms with E-state index < -0.39 is 9.84 Å². The highest BCUT2D eigenvalue weighted by atomic mass is 32.2. The van der Waals surface area contributed by atoms with Gasteiger partial charge >= 0.3 is 0 Å². The number of sulfone groups is 1. The van der Waals surface area contributed by atoms with Crippen LogP contribution in [0.15, 0.2) is 64.5 Å². The number of benzene rings is 1. The summed E-state index contributed by atoms with van der Waals surface area (Å²) in [6.45, 7) is 5.98. The molecular weight excluding hydrogens is 374 g/mol. The third-order valence-corrected chi connectivity index (χ3v) is 5.96. The predicted molar refractivity (Wildman–Crippen MR) is 108 cm³/mol. The minimum atomic E-state index is -3.54. The van der Waals surface area contributed by atoms with Gasteiger partial charge in [-0.2, -0.15) is 0 Å². The van der Waals surface area contributed by atoms with E-state index in [2.05, 4.69) is 23.7 Å². The third kappa shape index (κ3) is 5.11. The van der Waals surface area contributed by atoms with Crippen LogP contribution in [0, 0.1) is 5.92 Å². The summed E-state index contributed by atoms with van der Waals surface area (Å²) < 4.78 is 33.3. The van der Waals surface area contributed by atoms with Gasteiger partial charge in [0.05, 0.1) is 30.5 Å². The number of nitrogens with zero attached hydrogens (tertiary/aromatic N) is 3. The zero-order valence-electron chi connectivity index (χ0n) is 16.6. The van der Waals surface area contributed by atoms with Gasteiger partial charge in [0.25, 0.3) is 0 Å². The lowest BCUT2D eigenvalue weighted by Gasteiger charge is -2.19. The maximum absolute atomic E-state index is 13.0. The summed E-state index contributed by atoms with van der Waals surface area (Å²) in [6, 6.07) is 13.0. The minimum absolute atomic E-state index is 0.0510. The molecule has 0 radical (unpaired) electrons. The van der Waals surface area contributed by atoms with E-state index in [0.29, 0.717) is 25.6 Å². The third-order valence-electron chi connectivity index (χ3n) is 4.36. The molecule has 2 heterocycles. The van der Waals surface area contributed by atoms with Crippen LogP contribution >= 0.6 is 0 Å². The Hall–Kier alpha value is -2.38. The fourth-order valence-electron chi connectivity index (χ4n) is 3.19. The molecule has 6 nitrogen and oxygen atoms in total. The van der Waals surface area contributed by atoms with E-state index in [4.69, 9.17) is 4.42 Å². The number of hydrogen-bond donors (Lipinski definition) is 0. The molecule has 0 unspecified atom stereocenters. The van der Waals surface area contributed by atoms with Gasteiger partial charge in [-0.15, -0.1) is 0 Å². The number of aromatic nitrogens is 2. The van der Waals surface area contributed by atoms with Crippen LogP contribution in [0.2, 0.25) is 0 Å². The first kappa shape index (κ1) is 20.4. The van der Waals surface area contributed by atoms with Crippen LogP contribution in [0.3, 0.4) is 0 Å². The van der Waals surface area contributed by atoms with Gasteiger partial charge in [-0.1, -0.05) is 44.2 Å². The summed E-state index contributed by atoms with van der Waals surface area (Å²) in [6.07, 6.45) is 3.33. The first-order chi connectivity index (χ1) is 13.3. The highest BCUT2D eigenvalue weighted by Gasteiger charge is 2.24. The van der Waals surface area contributed by atoms with E-state index in [0.717, 1.165) is 17.0 Å². The van der Waals surface area contributed by atoms with Crippen molar-refractivity contribution in [1.82, 2.24) is 14.5 Å². The van der Waals surface area contributed by atoms with E-state index in [1.165, 1.54) is 0 Å². The quantitative estimate of drug-likeness (QED) is 0.546. The molecule has 0 fully saturated rings. The Kier molecular flexibility index (Phi) is 6.36. The van der Waals surface area contributed by atoms with Gasteiger partial charge in [-0.25, -0.2) is 13.4 Å². The van der Waals surface area contributed by atoms with Gasteiger partial charge in [0.1, 0.15) is 5.76 Å². The zero-order chi connectivity index (χ0) is 20.1. The van der Waals surface area contributed by atoms with Crippen molar-refractivity contribution < 1.29 is 12.8 Å². The SMILES string of the molecule is CC(C)Cn1c(CN(C)Cc2ccco2)cnc1S(=O)(=O)Cc1ccccc1. The zero-order valence-corrected chi connectivity index (χ0v) is 17.4. The van der Waals surface area contributed by atoms with Gasteiger partial charge in [-0.05, 0) is 30.7 Å². The monoisotopic (exact) mass is 401 g/mol. The molecule has 0 aliphatic heterocycles. The molecule has 2 aromatic heterocycles. The Bertz CT molecular complexity index is 977. The standard InChI is InChI=1S/C21H27N3O3S/c1-17(2)13-24-19(14-23(3)15-20-10-7-11-27-20)12-22-21(24)28(25,26)16-18-8-5-4-6-9-18/h4-12,17H,13-16H2,1-3H3. The molecular formula is C21H27N3O3S. The summed E-state index contributed by atoms with van der Waals surface area (Å²) in [5, 5.41) is 0.145. The molecule has 0 spiro atoms. The molecule has 0 aliphatic carbocycles. The Morgan fingerprint density at radius 1 is 1.11 bits per heavy atom. The number of hydrogen-bond acceptors (Lipinski definition) is 5. The molecule has 3 aromatic rings. The predicted octanol–water partition coefficient (Wildman–Crippen LogP) is 3.74. The normalized spacial score (nSPS) is 12.2. The molecule has 0 bridgehead atoms. The van der Waals surface area contributed by atoms with Gasteiger partial charge < -0.3 is 8.98 Å². The molecule has 0 aliphatic rings. The van der Waals surface area contributed by atoms with E-state index >= 15 is 0 Å². The van der Waals surface area contributed by atoms with E-state index in [9.17, 15) is 8.42 Å². The Balaban J connectivity index is 1.85. The smallest absolute Gasteiger partial charge is 0.228 e. The van der Waals surface area contributed by atoms with Crippen molar-refractivity contribution in [2.75, 3.05) is 7.05 Å². The molecule has 7 heteroatoms. The van der Waals surface area contributed by atoms with Crippen molar-refractivity contribution in [1.29, 1.82) is 0 Å². The largest absolute Gasteiger partial charge is 0.468 e. The summed E-state index contributed by atoms with van der Waals surface area (Å²) in [4.78, 5) is 6.40. The van der Waals surface area contributed by atoms with E-state index in [1.807, 2.05) is 54.1 Å². The fraction of sp³-hybridized carbons (Fsp3) is 0.381. The van der Waals surface area contributed by atoms with Gasteiger partial charge in [0.15, 0.2) is 0 Å². The molecule has 150 valence electrons. The van der Waals surface area contributed by atoms with Crippen molar-refractivity contribution in [3.8, 4) is 0 Å². The van der Waals surface area contributed by atoms with Crippen molar-refractivity contribution >= 4 is 9.84 Å².